The molecule has 1 atom stereocenters. The number of carbonyl (C=O) groups is 1. The van der Waals surface area contributed by atoms with E-state index in [4.69, 9.17) is 9.63 Å². The predicted octanol–water partition coefficient (Wildman–Crippen LogP) is 0.363. The molecule has 0 fully saturated rings. The Morgan fingerprint density at radius 3 is 3.12 bits per heavy atom. The number of carboxylic acids is 1. The van der Waals surface area contributed by atoms with E-state index in [2.05, 4.69) is 10.1 Å². The highest BCUT2D eigenvalue weighted by atomic mass is 16.5. The van der Waals surface area contributed by atoms with Gasteiger partial charge in [0.15, 0.2) is 11.5 Å². The van der Waals surface area contributed by atoms with Gasteiger partial charge in [-0.15, -0.1) is 0 Å². The molecule has 0 aromatic carbocycles. The van der Waals surface area contributed by atoms with Gasteiger partial charge in [-0.1, -0.05) is 5.16 Å². The van der Waals surface area contributed by atoms with Crippen molar-refractivity contribution in [1.82, 2.24) is 14.7 Å². The van der Waals surface area contributed by atoms with Crippen LogP contribution in [0.3, 0.4) is 0 Å². The minimum atomic E-state index is -1.21. The Kier molecular flexibility index (Phi) is 1.87. The minimum absolute atomic E-state index is 0.212. The molecule has 2 aromatic heterocycles. The number of aryl methyl sites for hydroxylation is 1. The van der Waals surface area contributed by atoms with Crippen LogP contribution in [-0.4, -0.2) is 30.9 Å². The number of nitrogens with zero attached hydrogens (tertiary/aromatic N) is 3. The number of aromatic carboxylic acids is 1. The quantitative estimate of drug-likeness (QED) is 0.740. The number of rotatable bonds is 1. The van der Waals surface area contributed by atoms with E-state index in [1.54, 1.807) is 17.9 Å². The lowest BCUT2D eigenvalue weighted by Crippen LogP contribution is -2.14. The fraction of sp³-hybridized carbons (Fsp3) is 0.300. The van der Waals surface area contributed by atoms with Gasteiger partial charge in [0.2, 0.25) is 0 Å². The Hall–Kier alpha value is -2.15. The zero-order valence-electron chi connectivity index (χ0n) is 8.91. The topological polar surface area (TPSA) is 101 Å². The molecule has 7 heteroatoms. The van der Waals surface area contributed by atoms with E-state index < -0.39 is 12.1 Å². The average molecular weight is 235 g/mol. The van der Waals surface area contributed by atoms with Gasteiger partial charge in [0.1, 0.15) is 5.69 Å². The molecule has 0 amide bonds. The molecule has 2 aromatic rings. The Bertz CT molecular complexity index is 613. The summed E-state index contributed by atoms with van der Waals surface area (Å²) >= 11 is 0. The van der Waals surface area contributed by atoms with Gasteiger partial charge in [-0.2, -0.15) is 0 Å². The molecule has 2 heterocycles. The maximum Gasteiger partial charge on any atom is 0.358 e. The maximum absolute atomic E-state index is 10.9. The summed E-state index contributed by atoms with van der Waals surface area (Å²) in [7, 11) is 1.80. The lowest BCUT2D eigenvalue weighted by atomic mass is 9.94. The number of carboxylic acid groups (broad SMARTS) is 1. The summed E-state index contributed by atoms with van der Waals surface area (Å²) in [4.78, 5) is 15.1. The number of aliphatic hydroxyl groups is 1. The fourth-order valence-electron chi connectivity index (χ4n) is 2.10. The van der Waals surface area contributed by atoms with Gasteiger partial charge in [-0.25, -0.2) is 9.78 Å². The van der Waals surface area contributed by atoms with Crippen LogP contribution in [0.2, 0.25) is 0 Å². The summed E-state index contributed by atoms with van der Waals surface area (Å²) in [5.74, 6) is -0.967. The van der Waals surface area contributed by atoms with E-state index in [-0.39, 0.29) is 17.0 Å². The number of hydrogen-bond donors (Lipinski definition) is 2. The van der Waals surface area contributed by atoms with Gasteiger partial charge in [-0.3, -0.25) is 0 Å². The van der Waals surface area contributed by atoms with Crippen LogP contribution in [0.1, 0.15) is 27.8 Å². The van der Waals surface area contributed by atoms with Crippen molar-refractivity contribution in [1.29, 1.82) is 0 Å². The van der Waals surface area contributed by atoms with Crippen LogP contribution in [0.4, 0.5) is 0 Å². The molecule has 0 saturated carbocycles. The van der Waals surface area contributed by atoms with Gasteiger partial charge in [0, 0.05) is 13.5 Å². The molecule has 0 bridgehead atoms. The predicted molar refractivity (Wildman–Crippen MR) is 54.3 cm³/mol. The largest absolute Gasteiger partial charge is 0.476 e. The average Bonchev–Trinajstić information content (AvgIpc) is 2.84. The van der Waals surface area contributed by atoms with Crippen LogP contribution in [0, 0.1) is 0 Å². The molecule has 0 spiro atoms. The van der Waals surface area contributed by atoms with Crippen LogP contribution >= 0.6 is 0 Å². The molecule has 7 nitrogen and oxygen atoms in total. The first kappa shape index (κ1) is 10.0. The highest BCUT2D eigenvalue weighted by molar-refractivity contribution is 5.89. The number of hydrogen-bond acceptors (Lipinski definition) is 5. The van der Waals surface area contributed by atoms with Crippen molar-refractivity contribution in [2.45, 2.75) is 12.5 Å². The van der Waals surface area contributed by atoms with Crippen LogP contribution in [-0.2, 0) is 13.5 Å². The molecule has 1 aliphatic carbocycles. The molecule has 2 N–H and O–H groups in total. The summed E-state index contributed by atoms with van der Waals surface area (Å²) < 4.78 is 6.76. The molecule has 1 unspecified atom stereocenters. The van der Waals surface area contributed by atoms with Crippen molar-refractivity contribution in [3.63, 3.8) is 0 Å². The Morgan fingerprint density at radius 2 is 2.41 bits per heavy atom. The van der Waals surface area contributed by atoms with Gasteiger partial charge in [0.25, 0.3) is 0 Å². The standard InChI is InChI=1S/C10H9N3O4/c1-13-3-11-7-4(13)2-5(14)6-8(10(15)16)12-17-9(6)7/h3,5,14H,2H2,1H3,(H,15,16). The van der Waals surface area contributed by atoms with Crippen LogP contribution in [0.25, 0.3) is 11.5 Å². The van der Waals surface area contributed by atoms with E-state index in [1.165, 1.54) is 0 Å². The van der Waals surface area contributed by atoms with Gasteiger partial charge >= 0.3 is 5.97 Å². The van der Waals surface area contributed by atoms with E-state index in [0.717, 1.165) is 5.69 Å². The second-order valence-corrected chi connectivity index (χ2v) is 3.95. The van der Waals surface area contributed by atoms with E-state index >= 15 is 0 Å². The first-order valence-electron chi connectivity index (χ1n) is 5.01. The Morgan fingerprint density at radius 1 is 1.65 bits per heavy atom. The third-order valence-corrected chi connectivity index (χ3v) is 2.92. The SMILES string of the molecule is Cn1cnc2c1CC(O)c1c(C(=O)O)noc1-2. The molecular weight excluding hydrogens is 226 g/mol. The molecule has 0 radical (unpaired) electrons. The number of imidazole rings is 1. The summed E-state index contributed by atoms with van der Waals surface area (Å²) in [6.07, 6.45) is 0.973. The molecule has 1 aliphatic rings. The number of aromatic nitrogens is 3. The molecule has 3 rings (SSSR count). The van der Waals surface area contributed by atoms with Gasteiger partial charge in [-0.05, 0) is 0 Å². The smallest absolute Gasteiger partial charge is 0.358 e. The van der Waals surface area contributed by atoms with Crippen LogP contribution in [0.5, 0.6) is 0 Å². The normalized spacial score (nSPS) is 17.6. The van der Waals surface area contributed by atoms with Crippen molar-refractivity contribution >= 4 is 5.97 Å². The highest BCUT2D eigenvalue weighted by Crippen LogP contribution is 2.39. The summed E-state index contributed by atoms with van der Waals surface area (Å²) in [6, 6.07) is 0. The highest BCUT2D eigenvalue weighted by Gasteiger charge is 2.35. The van der Waals surface area contributed by atoms with Gasteiger partial charge < -0.3 is 19.3 Å². The van der Waals surface area contributed by atoms with Crippen molar-refractivity contribution < 1.29 is 19.5 Å². The van der Waals surface area contributed by atoms with Crippen molar-refractivity contribution in [3.05, 3.63) is 23.3 Å². The van der Waals surface area contributed by atoms with E-state index in [1.807, 2.05) is 0 Å². The molecule has 88 valence electrons. The minimum Gasteiger partial charge on any atom is -0.476 e. The molecular formula is C10H9N3O4. The third kappa shape index (κ3) is 1.22. The van der Waals surface area contributed by atoms with Crippen molar-refractivity contribution in [3.8, 4) is 11.5 Å². The number of aliphatic hydroxyl groups excluding tert-OH is 1. The maximum atomic E-state index is 10.9. The molecule has 0 aliphatic heterocycles. The van der Waals surface area contributed by atoms with Crippen molar-refractivity contribution in [2.24, 2.45) is 7.05 Å². The zero-order valence-corrected chi connectivity index (χ0v) is 8.91. The van der Waals surface area contributed by atoms with Crippen LogP contribution in [0.15, 0.2) is 10.9 Å². The first-order chi connectivity index (χ1) is 8.09. The monoisotopic (exact) mass is 235 g/mol. The number of fused-ring (bicyclic) bond motifs is 3. The Balaban J connectivity index is 2.27. The van der Waals surface area contributed by atoms with Crippen LogP contribution < -0.4 is 0 Å². The molecule has 17 heavy (non-hydrogen) atoms. The Labute approximate surface area is 95.3 Å². The third-order valence-electron chi connectivity index (χ3n) is 2.92. The molecule has 0 saturated heterocycles. The lowest BCUT2D eigenvalue weighted by molar-refractivity contribution is 0.0678. The summed E-state index contributed by atoms with van der Waals surface area (Å²) in [6.45, 7) is 0. The lowest BCUT2D eigenvalue weighted by Gasteiger charge is -2.16. The summed E-state index contributed by atoms with van der Waals surface area (Å²) in [5, 5.41) is 22.4. The fourth-order valence-corrected chi connectivity index (χ4v) is 2.10. The summed E-state index contributed by atoms with van der Waals surface area (Å²) in [5.41, 5.74) is 1.32. The van der Waals surface area contributed by atoms with Gasteiger partial charge in [0.05, 0.1) is 23.7 Å². The second kappa shape index (κ2) is 3.17. The zero-order chi connectivity index (χ0) is 12.2. The van der Waals surface area contributed by atoms with E-state index in [0.29, 0.717) is 12.1 Å². The van der Waals surface area contributed by atoms with E-state index in [9.17, 15) is 9.90 Å². The first-order valence-corrected chi connectivity index (χ1v) is 5.01. The second-order valence-electron chi connectivity index (χ2n) is 3.95. The van der Waals surface area contributed by atoms with Crippen molar-refractivity contribution in [2.75, 3.05) is 0 Å².